The van der Waals surface area contributed by atoms with Gasteiger partial charge in [0.1, 0.15) is 5.82 Å². The van der Waals surface area contributed by atoms with E-state index in [1.54, 1.807) is 6.92 Å². The minimum atomic E-state index is 0.206. The van der Waals surface area contributed by atoms with Crippen LogP contribution in [0.15, 0.2) is 68.1 Å². The number of hydrogen-bond donors (Lipinski definition) is 9. The molecular weight excluding hydrogens is 294 g/mol. The molecule has 2 aliphatic rings. The second kappa shape index (κ2) is 5.13. The van der Waals surface area contributed by atoms with Crippen LogP contribution in [0, 0.1) is 0 Å². The van der Waals surface area contributed by atoms with Gasteiger partial charge in [0.25, 0.3) is 0 Å². The Balaban J connectivity index is 2.49. The molecule has 9 heteroatoms. The van der Waals surface area contributed by atoms with E-state index in [2.05, 4.69) is 5.32 Å². The third-order valence-electron chi connectivity index (χ3n) is 4.00. The maximum Gasteiger partial charge on any atom is 0.112 e. The molecule has 0 unspecified atom stereocenters. The molecule has 124 valence electrons. The monoisotopic (exact) mass is 317 g/mol. The molecule has 2 rings (SSSR count). The fourth-order valence-electron chi connectivity index (χ4n) is 2.62. The third-order valence-corrected chi connectivity index (χ3v) is 4.00. The summed E-state index contributed by atoms with van der Waals surface area (Å²) in [4.78, 5) is 0. The highest BCUT2D eigenvalue weighted by Gasteiger charge is 2.26. The van der Waals surface area contributed by atoms with Gasteiger partial charge in [-0.05, 0) is 19.4 Å². The molecule has 0 aromatic rings. The zero-order valence-corrected chi connectivity index (χ0v) is 13.1. The van der Waals surface area contributed by atoms with Crippen molar-refractivity contribution in [2.24, 2.45) is 45.9 Å². The number of allylic oxidation sites excluding steroid dienone is 2. The predicted molar refractivity (Wildman–Crippen MR) is 90.1 cm³/mol. The molecule has 0 saturated heterocycles. The maximum absolute atomic E-state index is 6.07. The van der Waals surface area contributed by atoms with Crippen molar-refractivity contribution in [3.05, 3.63) is 68.1 Å². The fourth-order valence-corrected chi connectivity index (χ4v) is 2.62. The summed E-state index contributed by atoms with van der Waals surface area (Å²) in [5.74, 6) is 0.207. The molecule has 2 aliphatic carbocycles. The smallest absolute Gasteiger partial charge is 0.112 e. The molecule has 9 nitrogen and oxygen atoms in total. The van der Waals surface area contributed by atoms with Gasteiger partial charge < -0.3 is 51.2 Å². The average molecular weight is 317 g/mol. The molecular formula is C14H23N9. The molecule has 0 aromatic heterocycles. The van der Waals surface area contributed by atoms with Gasteiger partial charge in [0.05, 0.1) is 45.5 Å². The van der Waals surface area contributed by atoms with Gasteiger partial charge in [-0.3, -0.25) is 0 Å². The molecule has 0 atom stereocenters. The van der Waals surface area contributed by atoms with Gasteiger partial charge in [-0.2, -0.15) is 0 Å². The van der Waals surface area contributed by atoms with E-state index >= 15 is 0 Å². The lowest BCUT2D eigenvalue weighted by Gasteiger charge is -2.15. The highest BCUT2D eigenvalue weighted by atomic mass is 15.0. The van der Waals surface area contributed by atoms with Gasteiger partial charge in [0, 0.05) is 11.3 Å². The highest BCUT2D eigenvalue weighted by molar-refractivity contribution is 5.63. The van der Waals surface area contributed by atoms with Crippen LogP contribution >= 0.6 is 0 Å². The van der Waals surface area contributed by atoms with E-state index in [4.69, 9.17) is 45.9 Å². The van der Waals surface area contributed by atoms with Gasteiger partial charge in [-0.15, -0.1) is 0 Å². The lowest BCUT2D eigenvalue weighted by molar-refractivity contribution is 0.907. The van der Waals surface area contributed by atoms with Crippen LogP contribution in [0.2, 0.25) is 0 Å². The van der Waals surface area contributed by atoms with Gasteiger partial charge in [-0.1, -0.05) is 0 Å². The van der Waals surface area contributed by atoms with E-state index in [-0.39, 0.29) is 28.6 Å². The average Bonchev–Trinajstić information content (AvgIpc) is 2.80. The van der Waals surface area contributed by atoms with Crippen molar-refractivity contribution >= 4 is 0 Å². The van der Waals surface area contributed by atoms with E-state index in [9.17, 15) is 0 Å². The van der Waals surface area contributed by atoms with Gasteiger partial charge in [0.15, 0.2) is 0 Å². The molecule has 0 bridgehead atoms. The molecule has 0 aliphatic heterocycles. The van der Waals surface area contributed by atoms with Crippen molar-refractivity contribution in [1.82, 2.24) is 5.32 Å². The Bertz CT molecular complexity index is 669. The molecule has 0 heterocycles. The van der Waals surface area contributed by atoms with Crippen LogP contribution in [-0.2, 0) is 0 Å². The van der Waals surface area contributed by atoms with Crippen molar-refractivity contribution in [3.63, 3.8) is 0 Å². The number of rotatable bonds is 2. The van der Waals surface area contributed by atoms with Gasteiger partial charge in [-0.25, -0.2) is 0 Å². The summed E-state index contributed by atoms with van der Waals surface area (Å²) in [6.07, 6.45) is 0. The first-order chi connectivity index (χ1) is 10.6. The van der Waals surface area contributed by atoms with Crippen LogP contribution in [-0.4, -0.2) is 0 Å². The topological polar surface area (TPSA) is 220 Å². The van der Waals surface area contributed by atoms with Crippen LogP contribution in [0.3, 0.4) is 0 Å². The summed E-state index contributed by atoms with van der Waals surface area (Å²) in [5, 5.41) is 3.01. The molecule has 17 N–H and O–H groups in total. The Morgan fingerprint density at radius 2 is 1.04 bits per heavy atom. The van der Waals surface area contributed by atoms with Crippen LogP contribution < -0.4 is 51.2 Å². The first kappa shape index (κ1) is 16.0. The summed E-state index contributed by atoms with van der Waals surface area (Å²) in [7, 11) is 0. The Labute approximate surface area is 134 Å². The first-order valence-corrected chi connectivity index (χ1v) is 6.81. The second-order valence-electron chi connectivity index (χ2n) is 5.43. The van der Waals surface area contributed by atoms with E-state index in [1.807, 2.05) is 6.92 Å². The summed E-state index contributed by atoms with van der Waals surface area (Å²) >= 11 is 0. The Morgan fingerprint density at radius 3 is 1.43 bits per heavy atom. The zero-order chi connectivity index (χ0) is 17.6. The quantitative estimate of drug-likeness (QED) is 0.266. The predicted octanol–water partition coefficient (Wildman–Crippen LogP) is -2.33. The summed E-state index contributed by atoms with van der Waals surface area (Å²) < 4.78 is 0. The number of nitrogens with one attached hydrogen (secondary N) is 1. The number of hydrogen-bond acceptors (Lipinski definition) is 9. The SMILES string of the molecule is CC1=C(N)C(N)=C(N)/C1=C(/C)NC(N)=C1C(N)=C(N)C(N)=C1N. The third kappa shape index (κ3) is 2.18. The van der Waals surface area contributed by atoms with Crippen LogP contribution in [0.5, 0.6) is 0 Å². The lowest BCUT2D eigenvalue weighted by atomic mass is 10.1. The van der Waals surface area contributed by atoms with E-state index in [0.29, 0.717) is 33.9 Å². The van der Waals surface area contributed by atoms with E-state index < -0.39 is 0 Å². The van der Waals surface area contributed by atoms with Crippen LogP contribution in [0.1, 0.15) is 13.8 Å². The molecule has 0 radical (unpaired) electrons. The molecule has 0 amide bonds. The molecule has 0 saturated carbocycles. The molecule has 23 heavy (non-hydrogen) atoms. The maximum atomic E-state index is 6.07. The largest absolute Gasteiger partial charge is 0.397 e. The van der Waals surface area contributed by atoms with E-state index in [1.165, 1.54) is 0 Å². The van der Waals surface area contributed by atoms with Crippen LogP contribution in [0.4, 0.5) is 0 Å². The minimum absolute atomic E-state index is 0.206. The molecule has 0 aromatic carbocycles. The zero-order valence-electron chi connectivity index (χ0n) is 13.1. The standard InChI is InChI=1S/C14H23N9/c1-3-5(8(16)11(19)7(3)15)4(2)23-14(22)6-9(17)12(20)13(21)10(6)18/h23H,15-22H2,1-2H3/b5-4-. The Hall–Kier alpha value is -3.36. The number of nitrogens with two attached hydrogens (primary N) is 8. The fraction of sp³-hybridized carbons (Fsp3) is 0.143. The minimum Gasteiger partial charge on any atom is -0.397 e. The van der Waals surface area contributed by atoms with Gasteiger partial charge >= 0.3 is 0 Å². The van der Waals surface area contributed by atoms with Crippen molar-refractivity contribution in [1.29, 1.82) is 0 Å². The summed E-state index contributed by atoms with van der Waals surface area (Å²) in [5.41, 5.74) is 51.7. The van der Waals surface area contributed by atoms with Gasteiger partial charge in [0.2, 0.25) is 0 Å². The second-order valence-corrected chi connectivity index (χ2v) is 5.43. The highest BCUT2D eigenvalue weighted by Crippen LogP contribution is 2.31. The van der Waals surface area contributed by atoms with Crippen molar-refractivity contribution in [2.75, 3.05) is 0 Å². The van der Waals surface area contributed by atoms with Crippen molar-refractivity contribution in [3.8, 4) is 0 Å². The molecule has 0 fully saturated rings. The summed E-state index contributed by atoms with van der Waals surface area (Å²) in [6.45, 7) is 3.60. The van der Waals surface area contributed by atoms with E-state index in [0.717, 1.165) is 5.57 Å². The van der Waals surface area contributed by atoms with Crippen molar-refractivity contribution in [2.45, 2.75) is 13.8 Å². The lowest BCUT2D eigenvalue weighted by Crippen LogP contribution is -2.26. The van der Waals surface area contributed by atoms with Crippen LogP contribution in [0.25, 0.3) is 0 Å². The first-order valence-electron chi connectivity index (χ1n) is 6.81. The Kier molecular flexibility index (Phi) is 3.57. The normalized spacial score (nSPS) is 20.9. The Morgan fingerprint density at radius 1 is 0.652 bits per heavy atom. The summed E-state index contributed by atoms with van der Waals surface area (Å²) in [6, 6.07) is 0. The molecule has 0 spiro atoms. The van der Waals surface area contributed by atoms with Crippen molar-refractivity contribution < 1.29 is 0 Å².